The number of alkyl halides is 1. The molecule has 1 saturated heterocycles. The van der Waals surface area contributed by atoms with Crippen LogP contribution in [0.4, 0.5) is 4.39 Å². The second-order valence-corrected chi connectivity index (χ2v) is 4.21. The molecule has 0 radical (unpaired) electrons. The highest BCUT2D eigenvalue weighted by atomic mass is 19.1. The zero-order chi connectivity index (χ0) is 10.7. The van der Waals surface area contributed by atoms with Gasteiger partial charge in [0.05, 0.1) is 6.20 Å². The van der Waals surface area contributed by atoms with Gasteiger partial charge < -0.3 is 5.32 Å². The molecule has 1 aromatic heterocycles. The average Bonchev–Trinajstić information content (AvgIpc) is 2.69. The van der Waals surface area contributed by atoms with Gasteiger partial charge in [-0.1, -0.05) is 6.92 Å². The molecule has 0 aliphatic carbocycles. The van der Waals surface area contributed by atoms with E-state index in [2.05, 4.69) is 17.3 Å². The second-order valence-electron chi connectivity index (χ2n) is 4.21. The van der Waals surface area contributed by atoms with E-state index < -0.39 is 5.67 Å². The van der Waals surface area contributed by atoms with Crippen molar-refractivity contribution < 1.29 is 4.39 Å². The molecule has 1 aromatic rings. The summed E-state index contributed by atoms with van der Waals surface area (Å²) < 4.78 is 16.3. The molecule has 2 heterocycles. The fourth-order valence-corrected chi connectivity index (χ4v) is 2.06. The third-order valence-electron chi connectivity index (χ3n) is 3.00. The Labute approximate surface area is 89.7 Å². The molecule has 84 valence electrons. The lowest BCUT2D eigenvalue weighted by molar-refractivity contribution is 0.115. The van der Waals surface area contributed by atoms with Crippen molar-refractivity contribution in [1.82, 2.24) is 15.1 Å². The predicted molar refractivity (Wildman–Crippen MR) is 57.4 cm³/mol. The molecule has 1 aliphatic heterocycles. The normalized spacial score (nSPS) is 20.4. The highest BCUT2D eigenvalue weighted by molar-refractivity contribution is 5.16. The summed E-state index contributed by atoms with van der Waals surface area (Å²) in [6.07, 6.45) is 5.69. The van der Waals surface area contributed by atoms with Gasteiger partial charge in [0, 0.05) is 18.3 Å². The monoisotopic (exact) mass is 211 g/mol. The van der Waals surface area contributed by atoms with E-state index >= 15 is 0 Å². The van der Waals surface area contributed by atoms with Crippen LogP contribution in [0, 0.1) is 0 Å². The van der Waals surface area contributed by atoms with E-state index in [1.165, 1.54) is 0 Å². The van der Waals surface area contributed by atoms with Crippen molar-refractivity contribution in [3.8, 4) is 0 Å². The zero-order valence-corrected chi connectivity index (χ0v) is 9.17. The zero-order valence-electron chi connectivity index (χ0n) is 9.17. The van der Waals surface area contributed by atoms with E-state index in [0.29, 0.717) is 12.8 Å². The van der Waals surface area contributed by atoms with Gasteiger partial charge in [0.2, 0.25) is 0 Å². The lowest BCUT2D eigenvalue weighted by Crippen LogP contribution is -2.36. The molecule has 0 amide bonds. The topological polar surface area (TPSA) is 29.9 Å². The van der Waals surface area contributed by atoms with Crippen molar-refractivity contribution >= 4 is 0 Å². The van der Waals surface area contributed by atoms with Crippen LogP contribution in [0.1, 0.15) is 31.7 Å². The molecule has 1 N–H and O–H groups in total. The van der Waals surface area contributed by atoms with Gasteiger partial charge in [0.1, 0.15) is 5.67 Å². The number of nitrogens with zero attached hydrogens (tertiary/aromatic N) is 2. The molecule has 4 heteroatoms. The number of aromatic nitrogens is 2. The van der Waals surface area contributed by atoms with Crippen LogP contribution >= 0.6 is 0 Å². The van der Waals surface area contributed by atoms with E-state index in [-0.39, 0.29) is 0 Å². The van der Waals surface area contributed by atoms with Gasteiger partial charge in [-0.05, 0) is 32.4 Å². The van der Waals surface area contributed by atoms with Crippen LogP contribution in [-0.2, 0) is 12.2 Å². The second kappa shape index (κ2) is 4.31. The number of piperidine rings is 1. The maximum atomic E-state index is 14.5. The SMILES string of the molecule is CCCn1cc(C2(F)CCNCC2)cn1. The fraction of sp³-hybridized carbons (Fsp3) is 0.727. The Balaban J connectivity index is 2.12. The Kier molecular flexibility index (Phi) is 3.05. The molecular formula is C11H18FN3. The van der Waals surface area contributed by atoms with Crippen molar-refractivity contribution in [3.05, 3.63) is 18.0 Å². The van der Waals surface area contributed by atoms with Gasteiger partial charge >= 0.3 is 0 Å². The van der Waals surface area contributed by atoms with Crippen LogP contribution in [0.25, 0.3) is 0 Å². The first-order valence-electron chi connectivity index (χ1n) is 5.67. The number of halogens is 1. The Morgan fingerprint density at radius 2 is 2.27 bits per heavy atom. The first kappa shape index (κ1) is 10.6. The molecule has 1 aliphatic rings. The standard InChI is InChI=1S/C11H18FN3/c1-2-7-15-9-10(8-14-15)11(12)3-5-13-6-4-11/h8-9,13H,2-7H2,1H3. The van der Waals surface area contributed by atoms with Gasteiger partial charge in [-0.3, -0.25) is 4.68 Å². The third kappa shape index (κ3) is 2.20. The smallest absolute Gasteiger partial charge is 0.141 e. The first-order chi connectivity index (χ1) is 7.24. The predicted octanol–water partition coefficient (Wildman–Crippen LogP) is 1.84. The van der Waals surface area contributed by atoms with Crippen molar-refractivity contribution in [2.75, 3.05) is 13.1 Å². The molecule has 2 rings (SSSR count). The number of hydrogen-bond acceptors (Lipinski definition) is 2. The maximum absolute atomic E-state index is 14.5. The summed E-state index contributed by atoms with van der Waals surface area (Å²) in [5.41, 5.74) is -0.408. The molecule has 0 aromatic carbocycles. The van der Waals surface area contributed by atoms with E-state index in [0.717, 1.165) is 31.6 Å². The molecule has 0 bridgehead atoms. The Hall–Kier alpha value is -0.900. The Bertz CT molecular complexity index is 315. The van der Waals surface area contributed by atoms with Crippen molar-refractivity contribution in [3.63, 3.8) is 0 Å². The van der Waals surface area contributed by atoms with E-state index in [4.69, 9.17) is 0 Å². The van der Waals surface area contributed by atoms with E-state index in [1.807, 2.05) is 10.9 Å². The van der Waals surface area contributed by atoms with Gasteiger partial charge in [-0.2, -0.15) is 5.10 Å². The molecule has 3 nitrogen and oxygen atoms in total. The van der Waals surface area contributed by atoms with Gasteiger partial charge in [0.15, 0.2) is 0 Å². The van der Waals surface area contributed by atoms with E-state index in [9.17, 15) is 4.39 Å². The lowest BCUT2D eigenvalue weighted by Gasteiger charge is -2.28. The van der Waals surface area contributed by atoms with Crippen LogP contribution in [0.2, 0.25) is 0 Å². The maximum Gasteiger partial charge on any atom is 0.141 e. The Morgan fingerprint density at radius 3 is 2.93 bits per heavy atom. The van der Waals surface area contributed by atoms with Crippen molar-refractivity contribution in [2.24, 2.45) is 0 Å². The van der Waals surface area contributed by atoms with E-state index in [1.54, 1.807) is 6.20 Å². The summed E-state index contributed by atoms with van der Waals surface area (Å²) in [5, 5.41) is 7.36. The van der Waals surface area contributed by atoms with Gasteiger partial charge in [-0.15, -0.1) is 0 Å². The van der Waals surface area contributed by atoms with Crippen LogP contribution in [0.15, 0.2) is 12.4 Å². The summed E-state index contributed by atoms with van der Waals surface area (Å²) in [7, 11) is 0. The number of rotatable bonds is 3. The van der Waals surface area contributed by atoms with Crippen molar-refractivity contribution in [1.29, 1.82) is 0 Å². The van der Waals surface area contributed by atoms with Crippen LogP contribution in [0.3, 0.4) is 0 Å². The fourth-order valence-electron chi connectivity index (χ4n) is 2.06. The third-order valence-corrected chi connectivity index (χ3v) is 3.00. The summed E-state index contributed by atoms with van der Waals surface area (Å²) in [6, 6.07) is 0. The minimum absolute atomic E-state index is 0.560. The molecule has 0 saturated carbocycles. The van der Waals surface area contributed by atoms with Crippen LogP contribution < -0.4 is 5.32 Å². The quantitative estimate of drug-likeness (QED) is 0.826. The van der Waals surface area contributed by atoms with Crippen LogP contribution in [0.5, 0.6) is 0 Å². The molecule has 0 spiro atoms. The highest BCUT2D eigenvalue weighted by Gasteiger charge is 2.34. The Morgan fingerprint density at radius 1 is 1.53 bits per heavy atom. The van der Waals surface area contributed by atoms with Gasteiger partial charge in [-0.25, -0.2) is 4.39 Å². The molecule has 0 atom stereocenters. The molecular weight excluding hydrogens is 193 g/mol. The first-order valence-corrected chi connectivity index (χ1v) is 5.67. The minimum Gasteiger partial charge on any atom is -0.316 e. The molecule has 1 fully saturated rings. The molecule has 15 heavy (non-hydrogen) atoms. The lowest BCUT2D eigenvalue weighted by atomic mass is 9.89. The van der Waals surface area contributed by atoms with Gasteiger partial charge in [0.25, 0.3) is 0 Å². The highest BCUT2D eigenvalue weighted by Crippen LogP contribution is 2.34. The number of nitrogens with one attached hydrogen (secondary N) is 1. The number of hydrogen-bond donors (Lipinski definition) is 1. The minimum atomic E-state index is -1.16. The average molecular weight is 211 g/mol. The van der Waals surface area contributed by atoms with Crippen molar-refractivity contribution in [2.45, 2.75) is 38.4 Å². The summed E-state index contributed by atoms with van der Waals surface area (Å²) in [6.45, 7) is 4.48. The summed E-state index contributed by atoms with van der Waals surface area (Å²) in [5.74, 6) is 0. The van der Waals surface area contributed by atoms with Crippen LogP contribution in [-0.4, -0.2) is 22.9 Å². The number of aryl methyl sites for hydroxylation is 1. The summed E-state index contributed by atoms with van der Waals surface area (Å²) in [4.78, 5) is 0. The largest absolute Gasteiger partial charge is 0.316 e. The summed E-state index contributed by atoms with van der Waals surface area (Å²) >= 11 is 0. The molecule has 0 unspecified atom stereocenters.